The number of hydrogen-bond acceptors (Lipinski definition) is 2. The first-order valence-electron chi connectivity index (χ1n) is 8.67. The molecule has 25 heavy (non-hydrogen) atoms. The molecule has 0 aliphatic heterocycles. The van der Waals surface area contributed by atoms with Crippen LogP contribution in [0.2, 0.25) is 0 Å². The lowest BCUT2D eigenvalue weighted by atomic mass is 10.1. The van der Waals surface area contributed by atoms with Gasteiger partial charge in [0.05, 0.1) is 0 Å². The highest BCUT2D eigenvalue weighted by atomic mass is 16.1. The maximum atomic E-state index is 12.4. The molecule has 0 unspecified atom stereocenters. The third-order valence-corrected chi connectivity index (χ3v) is 4.17. The predicted octanol–water partition coefficient (Wildman–Crippen LogP) is 5.34. The number of aromatic nitrogens is 1. The molecule has 1 aromatic heterocycles. The number of pyridine rings is 1. The molecule has 1 heterocycles. The molecular weight excluding hydrogens is 308 g/mol. The number of nitrogens with zero attached hydrogens (tertiary/aromatic N) is 1. The van der Waals surface area contributed by atoms with Crippen molar-refractivity contribution in [2.45, 2.75) is 26.2 Å². The monoisotopic (exact) mass is 330 g/mol. The van der Waals surface area contributed by atoms with Gasteiger partial charge >= 0.3 is 0 Å². The van der Waals surface area contributed by atoms with Crippen LogP contribution in [-0.2, 0) is 6.42 Å². The van der Waals surface area contributed by atoms with Crippen molar-refractivity contribution >= 4 is 11.6 Å². The van der Waals surface area contributed by atoms with Crippen LogP contribution in [0, 0.1) is 0 Å². The molecule has 1 N–H and O–H groups in total. The first kappa shape index (κ1) is 16.9. The maximum Gasteiger partial charge on any atom is 0.255 e. The number of anilines is 1. The van der Waals surface area contributed by atoms with E-state index >= 15 is 0 Å². The molecule has 126 valence electrons. The molecule has 3 nitrogen and oxygen atoms in total. The highest BCUT2D eigenvalue weighted by molar-refractivity contribution is 6.04. The third kappa shape index (κ3) is 4.54. The Hall–Kier alpha value is -2.94. The lowest BCUT2D eigenvalue weighted by molar-refractivity contribution is 0.102. The van der Waals surface area contributed by atoms with Gasteiger partial charge in [-0.05, 0) is 59.9 Å². The molecule has 0 aliphatic rings. The van der Waals surface area contributed by atoms with E-state index in [0.29, 0.717) is 5.56 Å². The minimum atomic E-state index is -0.0981. The summed E-state index contributed by atoms with van der Waals surface area (Å²) in [4.78, 5) is 16.5. The number of amides is 1. The van der Waals surface area contributed by atoms with Crippen molar-refractivity contribution < 1.29 is 4.79 Å². The second-order valence-corrected chi connectivity index (χ2v) is 6.07. The molecule has 3 aromatic rings. The van der Waals surface area contributed by atoms with Gasteiger partial charge in [-0.3, -0.25) is 9.78 Å². The van der Waals surface area contributed by atoms with E-state index in [9.17, 15) is 4.79 Å². The predicted molar refractivity (Wildman–Crippen MR) is 103 cm³/mol. The molecule has 0 radical (unpaired) electrons. The zero-order valence-corrected chi connectivity index (χ0v) is 14.4. The number of rotatable bonds is 6. The van der Waals surface area contributed by atoms with Crippen LogP contribution in [0.1, 0.15) is 35.7 Å². The highest BCUT2D eigenvalue weighted by Crippen LogP contribution is 2.19. The fraction of sp³-hybridized carbons (Fsp3) is 0.182. The standard InChI is InChI=1S/C22H22N2O/c1-2-3-5-17-7-13-21(14-8-17)24-22(25)19-11-9-18(10-12-19)20-6-4-15-23-16-20/h4,6-16H,2-3,5H2,1H3,(H,24,25). The van der Waals surface area contributed by atoms with E-state index in [1.54, 1.807) is 6.20 Å². The molecule has 0 aliphatic carbocycles. The normalized spacial score (nSPS) is 10.4. The number of unbranched alkanes of at least 4 members (excludes halogenated alkanes) is 1. The molecule has 3 heteroatoms. The SMILES string of the molecule is CCCCc1ccc(NC(=O)c2ccc(-c3cccnc3)cc2)cc1. The van der Waals surface area contributed by atoms with Gasteiger partial charge in [-0.25, -0.2) is 0 Å². The summed E-state index contributed by atoms with van der Waals surface area (Å²) in [5, 5.41) is 2.95. The van der Waals surface area contributed by atoms with Gasteiger partial charge in [0.1, 0.15) is 0 Å². The average Bonchev–Trinajstić information content (AvgIpc) is 2.68. The van der Waals surface area contributed by atoms with Gasteiger partial charge in [0.15, 0.2) is 0 Å². The van der Waals surface area contributed by atoms with Gasteiger partial charge in [-0.1, -0.05) is 43.7 Å². The number of aryl methyl sites for hydroxylation is 1. The fourth-order valence-corrected chi connectivity index (χ4v) is 2.69. The summed E-state index contributed by atoms with van der Waals surface area (Å²) in [5.74, 6) is -0.0981. The van der Waals surface area contributed by atoms with Crippen LogP contribution in [0.3, 0.4) is 0 Å². The number of nitrogens with one attached hydrogen (secondary N) is 1. The van der Waals surface area contributed by atoms with Crippen molar-refractivity contribution in [3.8, 4) is 11.1 Å². The number of hydrogen-bond donors (Lipinski definition) is 1. The van der Waals surface area contributed by atoms with Gasteiger partial charge in [0.2, 0.25) is 0 Å². The molecule has 3 rings (SSSR count). The van der Waals surface area contributed by atoms with E-state index < -0.39 is 0 Å². The Balaban J connectivity index is 1.65. The van der Waals surface area contributed by atoms with Crippen molar-refractivity contribution in [1.29, 1.82) is 0 Å². The van der Waals surface area contributed by atoms with Crippen molar-refractivity contribution in [2.75, 3.05) is 5.32 Å². The van der Waals surface area contributed by atoms with Crippen molar-refractivity contribution in [2.24, 2.45) is 0 Å². The van der Waals surface area contributed by atoms with E-state index in [1.165, 1.54) is 18.4 Å². The van der Waals surface area contributed by atoms with Crippen LogP contribution < -0.4 is 5.32 Å². The van der Waals surface area contributed by atoms with Crippen LogP contribution in [0.15, 0.2) is 73.1 Å². The minimum Gasteiger partial charge on any atom is -0.322 e. The fourth-order valence-electron chi connectivity index (χ4n) is 2.69. The Morgan fingerprint density at radius 2 is 1.72 bits per heavy atom. The van der Waals surface area contributed by atoms with Crippen LogP contribution >= 0.6 is 0 Å². The number of carbonyl (C=O) groups excluding carboxylic acids is 1. The number of carbonyl (C=O) groups is 1. The van der Waals surface area contributed by atoms with Crippen LogP contribution in [0.4, 0.5) is 5.69 Å². The molecule has 0 atom stereocenters. The summed E-state index contributed by atoms with van der Waals surface area (Å²) in [6.07, 6.45) is 7.02. The summed E-state index contributed by atoms with van der Waals surface area (Å²) in [5.41, 5.74) is 4.85. The maximum absolute atomic E-state index is 12.4. The van der Waals surface area contributed by atoms with Crippen molar-refractivity contribution in [3.63, 3.8) is 0 Å². The van der Waals surface area contributed by atoms with Crippen LogP contribution in [0.25, 0.3) is 11.1 Å². The van der Waals surface area contributed by atoms with Crippen LogP contribution in [-0.4, -0.2) is 10.9 Å². The minimum absolute atomic E-state index is 0.0981. The zero-order chi connectivity index (χ0) is 17.5. The number of benzene rings is 2. The van der Waals surface area contributed by atoms with E-state index in [2.05, 4.69) is 29.4 Å². The van der Waals surface area contributed by atoms with E-state index in [4.69, 9.17) is 0 Å². The second-order valence-electron chi connectivity index (χ2n) is 6.07. The highest BCUT2D eigenvalue weighted by Gasteiger charge is 2.07. The summed E-state index contributed by atoms with van der Waals surface area (Å²) in [7, 11) is 0. The topological polar surface area (TPSA) is 42.0 Å². The summed E-state index contributed by atoms with van der Waals surface area (Å²) in [6, 6.07) is 19.6. The quantitative estimate of drug-likeness (QED) is 0.662. The molecule has 0 bridgehead atoms. The van der Waals surface area contributed by atoms with Crippen molar-refractivity contribution in [3.05, 3.63) is 84.2 Å². The largest absolute Gasteiger partial charge is 0.322 e. The van der Waals surface area contributed by atoms with Crippen LogP contribution in [0.5, 0.6) is 0 Å². The first-order chi connectivity index (χ1) is 12.3. The second kappa shape index (κ2) is 8.25. The molecule has 0 fully saturated rings. The molecular formula is C22H22N2O. The van der Waals surface area contributed by atoms with E-state index in [-0.39, 0.29) is 5.91 Å². The lowest BCUT2D eigenvalue weighted by Gasteiger charge is -2.07. The molecule has 2 aromatic carbocycles. The van der Waals surface area contributed by atoms with E-state index in [0.717, 1.165) is 23.2 Å². The zero-order valence-electron chi connectivity index (χ0n) is 14.4. The molecule has 1 amide bonds. The molecule has 0 spiro atoms. The average molecular weight is 330 g/mol. The Morgan fingerprint density at radius 1 is 0.960 bits per heavy atom. The third-order valence-electron chi connectivity index (χ3n) is 4.17. The summed E-state index contributed by atoms with van der Waals surface area (Å²) < 4.78 is 0. The Kier molecular flexibility index (Phi) is 5.57. The summed E-state index contributed by atoms with van der Waals surface area (Å²) >= 11 is 0. The Bertz CT molecular complexity index is 809. The first-order valence-corrected chi connectivity index (χ1v) is 8.67. The van der Waals surface area contributed by atoms with Gasteiger partial charge in [0.25, 0.3) is 5.91 Å². The lowest BCUT2D eigenvalue weighted by Crippen LogP contribution is -2.11. The van der Waals surface area contributed by atoms with Gasteiger partial charge in [-0.15, -0.1) is 0 Å². The smallest absolute Gasteiger partial charge is 0.255 e. The Labute approximate surface area is 148 Å². The molecule has 0 saturated heterocycles. The van der Waals surface area contributed by atoms with Crippen molar-refractivity contribution in [1.82, 2.24) is 4.98 Å². The van der Waals surface area contributed by atoms with E-state index in [1.807, 2.05) is 54.7 Å². The molecule has 0 saturated carbocycles. The van der Waals surface area contributed by atoms with Gasteiger partial charge < -0.3 is 5.32 Å². The summed E-state index contributed by atoms with van der Waals surface area (Å²) in [6.45, 7) is 2.19. The van der Waals surface area contributed by atoms with Gasteiger partial charge in [0, 0.05) is 23.6 Å². The van der Waals surface area contributed by atoms with Gasteiger partial charge in [-0.2, -0.15) is 0 Å². The Morgan fingerprint density at radius 3 is 2.36 bits per heavy atom.